The molecule has 1 heterocycles. The number of esters is 1. The lowest BCUT2D eigenvalue weighted by atomic mass is 9.97. The van der Waals surface area contributed by atoms with E-state index in [4.69, 9.17) is 11.6 Å². The van der Waals surface area contributed by atoms with Gasteiger partial charge in [-0.2, -0.15) is 0 Å². The fraction of sp³-hybridized carbons (Fsp3) is 0.429. The first-order valence-corrected chi connectivity index (χ1v) is 6.89. The Hall–Kier alpha value is -1.59. The molecular formula is C14H17ClN2O3. The number of carbonyl (C=O) groups excluding carboxylic acids is 2. The van der Waals surface area contributed by atoms with Gasteiger partial charge in [-0.25, -0.2) is 4.79 Å². The summed E-state index contributed by atoms with van der Waals surface area (Å²) in [4.78, 5) is 23.5. The Labute approximate surface area is 122 Å². The first kappa shape index (κ1) is 14.8. The molecule has 0 bridgehead atoms. The van der Waals surface area contributed by atoms with Crippen molar-refractivity contribution in [3.8, 4) is 0 Å². The van der Waals surface area contributed by atoms with Crippen LogP contribution in [0.25, 0.3) is 0 Å². The lowest BCUT2D eigenvalue weighted by Gasteiger charge is -2.21. The smallest absolute Gasteiger partial charge is 0.339 e. The second-order valence-electron chi connectivity index (χ2n) is 4.70. The molecule has 1 aromatic rings. The van der Waals surface area contributed by atoms with Gasteiger partial charge >= 0.3 is 5.97 Å². The van der Waals surface area contributed by atoms with E-state index < -0.39 is 5.97 Å². The number of hydrogen-bond acceptors (Lipinski definition) is 4. The molecule has 0 radical (unpaired) electrons. The number of methoxy groups -OCH3 is 1. The molecule has 5 nitrogen and oxygen atoms in total. The van der Waals surface area contributed by atoms with Gasteiger partial charge in [0.15, 0.2) is 0 Å². The van der Waals surface area contributed by atoms with Crippen LogP contribution in [-0.4, -0.2) is 32.1 Å². The summed E-state index contributed by atoms with van der Waals surface area (Å²) in [5, 5.41) is 6.31. The summed E-state index contributed by atoms with van der Waals surface area (Å²) in [6, 6.07) is 4.76. The molecule has 0 spiro atoms. The number of ether oxygens (including phenoxy) is 1. The minimum absolute atomic E-state index is 0.00613. The maximum Gasteiger partial charge on any atom is 0.339 e. The van der Waals surface area contributed by atoms with Crippen molar-refractivity contribution in [2.45, 2.75) is 12.8 Å². The van der Waals surface area contributed by atoms with Crippen LogP contribution >= 0.6 is 11.6 Å². The SMILES string of the molecule is COC(=O)c1ccc(NC(=O)C2CCNCC2)cc1Cl. The third kappa shape index (κ3) is 3.49. The van der Waals surface area contributed by atoms with E-state index in [-0.39, 0.29) is 22.4 Å². The number of rotatable bonds is 3. The van der Waals surface area contributed by atoms with Crippen LogP contribution in [-0.2, 0) is 9.53 Å². The summed E-state index contributed by atoms with van der Waals surface area (Å²) in [5.74, 6) is -0.477. The van der Waals surface area contributed by atoms with Crippen molar-refractivity contribution in [2.24, 2.45) is 5.92 Å². The van der Waals surface area contributed by atoms with Crippen LogP contribution in [0, 0.1) is 5.92 Å². The Balaban J connectivity index is 2.04. The molecule has 0 aliphatic carbocycles. The average molecular weight is 297 g/mol. The monoisotopic (exact) mass is 296 g/mol. The van der Waals surface area contributed by atoms with Gasteiger partial charge in [0, 0.05) is 11.6 Å². The largest absolute Gasteiger partial charge is 0.465 e. The van der Waals surface area contributed by atoms with Gasteiger partial charge in [-0.15, -0.1) is 0 Å². The summed E-state index contributed by atoms with van der Waals surface area (Å²) >= 11 is 6.01. The van der Waals surface area contributed by atoms with Gasteiger partial charge in [-0.3, -0.25) is 4.79 Å². The topological polar surface area (TPSA) is 67.4 Å². The number of carbonyl (C=O) groups is 2. The zero-order valence-electron chi connectivity index (χ0n) is 11.2. The standard InChI is InChI=1S/C14H17ClN2O3/c1-20-14(19)11-3-2-10(8-12(11)15)17-13(18)9-4-6-16-7-5-9/h2-3,8-9,16H,4-7H2,1H3,(H,17,18). The minimum Gasteiger partial charge on any atom is -0.465 e. The van der Waals surface area contributed by atoms with Gasteiger partial charge in [0.05, 0.1) is 17.7 Å². The summed E-state index contributed by atoms with van der Waals surface area (Å²) in [5.41, 5.74) is 0.875. The molecule has 20 heavy (non-hydrogen) atoms. The van der Waals surface area contributed by atoms with Gasteiger partial charge in [-0.1, -0.05) is 11.6 Å². The van der Waals surface area contributed by atoms with E-state index >= 15 is 0 Å². The normalized spacial score (nSPS) is 15.7. The molecule has 0 saturated carbocycles. The minimum atomic E-state index is -0.494. The van der Waals surface area contributed by atoms with Crippen molar-refractivity contribution >= 4 is 29.2 Å². The maximum atomic E-state index is 12.1. The molecule has 0 unspecified atom stereocenters. The van der Waals surface area contributed by atoms with Crippen molar-refractivity contribution in [1.29, 1.82) is 0 Å². The Morgan fingerprint density at radius 1 is 1.35 bits per heavy atom. The van der Waals surface area contributed by atoms with Crippen LogP contribution in [0.5, 0.6) is 0 Å². The quantitative estimate of drug-likeness (QED) is 0.838. The molecule has 2 rings (SSSR count). The first-order chi connectivity index (χ1) is 9.61. The van der Waals surface area contributed by atoms with Crippen molar-refractivity contribution in [3.63, 3.8) is 0 Å². The number of piperidine rings is 1. The molecule has 1 amide bonds. The van der Waals surface area contributed by atoms with Crippen molar-refractivity contribution in [1.82, 2.24) is 5.32 Å². The van der Waals surface area contributed by atoms with Gasteiger partial charge in [0.2, 0.25) is 5.91 Å². The highest BCUT2D eigenvalue weighted by Crippen LogP contribution is 2.23. The molecule has 108 valence electrons. The van der Waals surface area contributed by atoms with Crippen molar-refractivity contribution in [2.75, 3.05) is 25.5 Å². The summed E-state index contributed by atoms with van der Waals surface area (Å²) in [7, 11) is 1.30. The highest BCUT2D eigenvalue weighted by atomic mass is 35.5. The van der Waals surface area contributed by atoms with Crippen LogP contribution in [0.1, 0.15) is 23.2 Å². The molecule has 1 aromatic carbocycles. The third-order valence-corrected chi connectivity index (χ3v) is 3.66. The maximum absolute atomic E-state index is 12.1. The first-order valence-electron chi connectivity index (χ1n) is 6.51. The van der Waals surface area contributed by atoms with Crippen LogP contribution in [0.4, 0.5) is 5.69 Å². The fourth-order valence-corrected chi connectivity index (χ4v) is 2.45. The van der Waals surface area contributed by atoms with Crippen LogP contribution < -0.4 is 10.6 Å². The summed E-state index contributed by atoms with van der Waals surface area (Å²) < 4.78 is 4.62. The molecule has 2 N–H and O–H groups in total. The number of hydrogen-bond donors (Lipinski definition) is 2. The summed E-state index contributed by atoms with van der Waals surface area (Å²) in [6.45, 7) is 1.72. The van der Waals surface area contributed by atoms with Gasteiger partial charge in [-0.05, 0) is 44.1 Å². The van der Waals surface area contributed by atoms with Crippen molar-refractivity contribution in [3.05, 3.63) is 28.8 Å². The third-order valence-electron chi connectivity index (χ3n) is 3.35. The molecular weight excluding hydrogens is 280 g/mol. The lowest BCUT2D eigenvalue weighted by Crippen LogP contribution is -2.34. The fourth-order valence-electron chi connectivity index (χ4n) is 2.20. The van der Waals surface area contributed by atoms with E-state index in [2.05, 4.69) is 15.4 Å². The molecule has 1 aliphatic heterocycles. The predicted molar refractivity (Wildman–Crippen MR) is 77.0 cm³/mol. The molecule has 1 saturated heterocycles. The van der Waals surface area contributed by atoms with E-state index in [1.54, 1.807) is 18.2 Å². The zero-order valence-corrected chi connectivity index (χ0v) is 12.0. The van der Waals surface area contributed by atoms with E-state index in [1.165, 1.54) is 7.11 Å². The van der Waals surface area contributed by atoms with Gasteiger partial charge < -0.3 is 15.4 Å². The Morgan fingerprint density at radius 2 is 2.05 bits per heavy atom. The van der Waals surface area contributed by atoms with E-state index in [0.29, 0.717) is 5.69 Å². The van der Waals surface area contributed by atoms with Crippen molar-refractivity contribution < 1.29 is 14.3 Å². The van der Waals surface area contributed by atoms with E-state index in [1.807, 2.05) is 0 Å². The lowest BCUT2D eigenvalue weighted by molar-refractivity contribution is -0.120. The summed E-state index contributed by atoms with van der Waals surface area (Å²) in [6.07, 6.45) is 1.67. The Morgan fingerprint density at radius 3 is 2.65 bits per heavy atom. The molecule has 6 heteroatoms. The molecule has 1 aliphatic rings. The molecule has 1 fully saturated rings. The molecule has 0 atom stereocenters. The number of amides is 1. The van der Waals surface area contributed by atoms with Gasteiger partial charge in [0.25, 0.3) is 0 Å². The number of anilines is 1. The van der Waals surface area contributed by atoms with Crippen LogP contribution in [0.3, 0.4) is 0 Å². The van der Waals surface area contributed by atoms with Crippen LogP contribution in [0.15, 0.2) is 18.2 Å². The predicted octanol–water partition coefficient (Wildman–Crippen LogP) is 2.06. The Bertz CT molecular complexity index is 513. The van der Waals surface area contributed by atoms with Crippen LogP contribution in [0.2, 0.25) is 5.02 Å². The van der Waals surface area contributed by atoms with Gasteiger partial charge in [0.1, 0.15) is 0 Å². The number of halogens is 1. The highest BCUT2D eigenvalue weighted by molar-refractivity contribution is 6.34. The Kier molecular flexibility index (Phi) is 4.98. The average Bonchev–Trinajstić information content (AvgIpc) is 2.47. The molecule has 0 aromatic heterocycles. The number of nitrogens with one attached hydrogen (secondary N) is 2. The highest BCUT2D eigenvalue weighted by Gasteiger charge is 2.21. The van der Waals surface area contributed by atoms with E-state index in [0.717, 1.165) is 25.9 Å². The second-order valence-corrected chi connectivity index (χ2v) is 5.11. The second kappa shape index (κ2) is 6.72. The van der Waals surface area contributed by atoms with E-state index in [9.17, 15) is 9.59 Å². The zero-order chi connectivity index (χ0) is 14.5. The number of benzene rings is 1.